The molecule has 102 valence electrons. The van der Waals surface area contributed by atoms with E-state index < -0.39 is 10.4 Å². The summed E-state index contributed by atoms with van der Waals surface area (Å²) in [5, 5.41) is 0. The number of carbonyl (C=O) groups is 2. The number of hydrogen-bond donors (Lipinski definition) is 0. The van der Waals surface area contributed by atoms with Crippen LogP contribution in [0.15, 0.2) is 0 Å². The van der Waals surface area contributed by atoms with Crippen molar-refractivity contribution in [1.82, 2.24) is 0 Å². The second-order valence-electron chi connectivity index (χ2n) is 5.06. The first-order chi connectivity index (χ1) is 8.38. The molecule has 0 aromatic rings. The van der Waals surface area contributed by atoms with E-state index in [9.17, 15) is 9.59 Å². The molecule has 2 saturated carbocycles. The predicted molar refractivity (Wildman–Crippen MR) is 66.4 cm³/mol. The average molecular weight is 295 g/mol. The summed E-state index contributed by atoms with van der Waals surface area (Å²) in [6.07, 6.45) is 2.59. The lowest BCUT2D eigenvalue weighted by Crippen LogP contribution is -2.38. The van der Waals surface area contributed by atoms with Crippen LogP contribution in [0.4, 0.5) is 0 Å². The van der Waals surface area contributed by atoms with Gasteiger partial charge in [-0.1, -0.05) is 23.2 Å². The Morgan fingerprint density at radius 2 is 1.67 bits per heavy atom. The van der Waals surface area contributed by atoms with Crippen LogP contribution in [0.5, 0.6) is 0 Å². The summed E-state index contributed by atoms with van der Waals surface area (Å²) in [5.41, 5.74) is 0. The molecule has 0 saturated heterocycles. The van der Waals surface area contributed by atoms with E-state index in [0.717, 1.165) is 25.7 Å². The third-order valence-electron chi connectivity index (χ3n) is 3.02. The van der Waals surface area contributed by atoms with Gasteiger partial charge in [-0.05, 0) is 32.6 Å². The molecule has 6 heteroatoms. The van der Waals surface area contributed by atoms with Gasteiger partial charge in [0.1, 0.15) is 6.61 Å². The molecule has 0 heterocycles. The lowest BCUT2D eigenvalue weighted by Gasteiger charge is -2.25. The van der Waals surface area contributed by atoms with Crippen molar-refractivity contribution in [2.24, 2.45) is 11.8 Å². The molecular formula is C12H16Cl2O4. The third kappa shape index (κ3) is 4.02. The van der Waals surface area contributed by atoms with Crippen LogP contribution in [-0.4, -0.2) is 29.0 Å². The number of esters is 2. The van der Waals surface area contributed by atoms with E-state index in [4.69, 9.17) is 32.7 Å². The fourth-order valence-electron chi connectivity index (χ4n) is 1.43. The first kappa shape index (κ1) is 13.9. The molecule has 4 nitrogen and oxygen atoms in total. The summed E-state index contributed by atoms with van der Waals surface area (Å²) in [7, 11) is 0. The Hall–Kier alpha value is -0.480. The number of hydrogen-bond acceptors (Lipinski definition) is 4. The van der Waals surface area contributed by atoms with Gasteiger partial charge < -0.3 is 9.47 Å². The van der Waals surface area contributed by atoms with E-state index in [-0.39, 0.29) is 30.4 Å². The van der Waals surface area contributed by atoms with Gasteiger partial charge >= 0.3 is 11.9 Å². The SMILES string of the molecule is CC(Cl)(Cl)C(COC(=O)C1CC1)OC(=O)C1CC1. The largest absolute Gasteiger partial charge is 0.461 e. The van der Waals surface area contributed by atoms with E-state index >= 15 is 0 Å². The Kier molecular flexibility index (Phi) is 4.07. The standard InChI is InChI=1S/C12H16Cl2O4/c1-12(13,14)9(18-11(16)8-4-5-8)6-17-10(15)7-2-3-7/h7-9H,2-6H2,1H3. The Bertz CT molecular complexity index is 342. The zero-order valence-electron chi connectivity index (χ0n) is 10.2. The Morgan fingerprint density at radius 3 is 2.11 bits per heavy atom. The molecule has 2 aliphatic carbocycles. The van der Waals surface area contributed by atoms with Crippen molar-refractivity contribution in [3.05, 3.63) is 0 Å². The third-order valence-corrected chi connectivity index (χ3v) is 3.51. The molecular weight excluding hydrogens is 279 g/mol. The molecule has 0 aromatic heterocycles. The van der Waals surface area contributed by atoms with Gasteiger partial charge in [-0.15, -0.1) is 0 Å². The van der Waals surface area contributed by atoms with Crippen LogP contribution in [0.2, 0.25) is 0 Å². The maximum Gasteiger partial charge on any atom is 0.309 e. The van der Waals surface area contributed by atoms with Gasteiger partial charge in [-0.25, -0.2) is 0 Å². The van der Waals surface area contributed by atoms with Crippen molar-refractivity contribution in [3.63, 3.8) is 0 Å². The number of alkyl halides is 2. The summed E-state index contributed by atoms with van der Waals surface area (Å²) in [6.45, 7) is 1.43. The van der Waals surface area contributed by atoms with Crippen molar-refractivity contribution in [2.75, 3.05) is 6.61 Å². The van der Waals surface area contributed by atoms with Crippen LogP contribution in [0.25, 0.3) is 0 Å². The molecule has 0 bridgehead atoms. The molecule has 0 aliphatic heterocycles. The summed E-state index contributed by atoms with van der Waals surface area (Å²) in [4.78, 5) is 23.0. The Morgan fingerprint density at radius 1 is 1.17 bits per heavy atom. The maximum absolute atomic E-state index is 11.6. The fraction of sp³-hybridized carbons (Fsp3) is 0.833. The molecule has 2 aliphatic rings. The van der Waals surface area contributed by atoms with Gasteiger partial charge in [0.2, 0.25) is 0 Å². The molecule has 0 radical (unpaired) electrons. The van der Waals surface area contributed by atoms with E-state index in [0.29, 0.717) is 0 Å². The molecule has 0 aromatic carbocycles. The molecule has 1 unspecified atom stereocenters. The first-order valence-electron chi connectivity index (χ1n) is 6.13. The van der Waals surface area contributed by atoms with E-state index in [1.54, 1.807) is 0 Å². The van der Waals surface area contributed by atoms with Gasteiger partial charge in [-0.3, -0.25) is 9.59 Å². The molecule has 1 atom stereocenters. The Balaban J connectivity index is 1.83. The topological polar surface area (TPSA) is 52.6 Å². The van der Waals surface area contributed by atoms with Crippen molar-refractivity contribution >= 4 is 35.1 Å². The molecule has 0 N–H and O–H groups in total. The normalized spacial score (nSPS) is 21.3. The highest BCUT2D eigenvalue weighted by Crippen LogP contribution is 2.34. The summed E-state index contributed by atoms with van der Waals surface area (Å²) >= 11 is 11.9. The highest BCUT2D eigenvalue weighted by atomic mass is 35.5. The van der Waals surface area contributed by atoms with Gasteiger partial charge in [0.25, 0.3) is 0 Å². The minimum atomic E-state index is -1.27. The molecule has 0 amide bonds. The highest BCUT2D eigenvalue weighted by molar-refractivity contribution is 6.48. The van der Waals surface area contributed by atoms with Crippen LogP contribution in [0.3, 0.4) is 0 Å². The highest BCUT2D eigenvalue weighted by Gasteiger charge is 2.40. The van der Waals surface area contributed by atoms with Gasteiger partial charge in [0.05, 0.1) is 11.8 Å². The zero-order valence-corrected chi connectivity index (χ0v) is 11.7. The van der Waals surface area contributed by atoms with Crippen molar-refractivity contribution in [1.29, 1.82) is 0 Å². The van der Waals surface area contributed by atoms with E-state index in [1.807, 2.05) is 0 Å². The summed E-state index contributed by atoms with van der Waals surface area (Å²) < 4.78 is 9.01. The lowest BCUT2D eigenvalue weighted by molar-refractivity contribution is -0.161. The minimum absolute atomic E-state index is 0.00157. The van der Waals surface area contributed by atoms with Crippen LogP contribution in [0, 0.1) is 11.8 Å². The van der Waals surface area contributed by atoms with Crippen LogP contribution in [-0.2, 0) is 19.1 Å². The van der Waals surface area contributed by atoms with Gasteiger partial charge in [-0.2, -0.15) is 0 Å². The van der Waals surface area contributed by atoms with Crippen LogP contribution < -0.4 is 0 Å². The van der Waals surface area contributed by atoms with Gasteiger partial charge in [0.15, 0.2) is 10.4 Å². The van der Waals surface area contributed by atoms with Crippen LogP contribution in [0.1, 0.15) is 32.6 Å². The molecule has 2 rings (SSSR count). The summed E-state index contributed by atoms with van der Waals surface area (Å²) in [5.74, 6) is -0.612. The van der Waals surface area contributed by atoms with E-state index in [2.05, 4.69) is 0 Å². The van der Waals surface area contributed by atoms with E-state index in [1.165, 1.54) is 6.92 Å². The number of ether oxygens (including phenoxy) is 2. The average Bonchev–Trinajstić information content (AvgIpc) is 3.15. The fourth-order valence-corrected chi connectivity index (χ4v) is 1.65. The molecule has 2 fully saturated rings. The second kappa shape index (κ2) is 5.25. The van der Waals surface area contributed by atoms with Crippen LogP contribution >= 0.6 is 23.2 Å². The predicted octanol–water partition coefficient (Wildman–Crippen LogP) is 2.46. The zero-order chi connectivity index (χ0) is 13.3. The lowest BCUT2D eigenvalue weighted by atomic mass is 10.2. The number of rotatable bonds is 6. The second-order valence-corrected chi connectivity index (χ2v) is 6.82. The van der Waals surface area contributed by atoms with Crippen molar-refractivity contribution in [2.45, 2.75) is 43.0 Å². The van der Waals surface area contributed by atoms with Crippen molar-refractivity contribution < 1.29 is 19.1 Å². The monoisotopic (exact) mass is 294 g/mol. The smallest absolute Gasteiger partial charge is 0.309 e. The number of carbonyl (C=O) groups excluding carboxylic acids is 2. The number of halogens is 2. The Labute approximate surface area is 116 Å². The van der Waals surface area contributed by atoms with Crippen molar-refractivity contribution in [3.8, 4) is 0 Å². The maximum atomic E-state index is 11.6. The quantitative estimate of drug-likeness (QED) is 0.558. The first-order valence-corrected chi connectivity index (χ1v) is 6.88. The minimum Gasteiger partial charge on any atom is -0.461 e. The summed E-state index contributed by atoms with van der Waals surface area (Å²) in [6, 6.07) is 0. The molecule has 0 spiro atoms. The van der Waals surface area contributed by atoms with Gasteiger partial charge in [0, 0.05) is 0 Å². The molecule has 18 heavy (non-hydrogen) atoms.